The predicted molar refractivity (Wildman–Crippen MR) is 52.9 cm³/mol. The highest BCUT2D eigenvalue weighted by Gasteiger charge is 2.19. The van der Waals surface area contributed by atoms with Gasteiger partial charge < -0.3 is 15.2 Å². The molecule has 4 nitrogen and oxygen atoms in total. The molecule has 2 unspecified atom stereocenters. The first kappa shape index (κ1) is 11.0. The summed E-state index contributed by atoms with van der Waals surface area (Å²) < 4.78 is 4.49. The number of rotatable bonds is 1. The fourth-order valence-corrected chi connectivity index (χ4v) is 1.53. The lowest BCUT2D eigenvalue weighted by Gasteiger charge is -2.22. The fourth-order valence-electron chi connectivity index (χ4n) is 1.53. The third-order valence-corrected chi connectivity index (χ3v) is 2.37. The van der Waals surface area contributed by atoms with Gasteiger partial charge in [0.15, 0.2) is 0 Å². The van der Waals surface area contributed by atoms with E-state index >= 15 is 0 Å². The van der Waals surface area contributed by atoms with Gasteiger partial charge in [-0.1, -0.05) is 18.6 Å². The zero-order valence-electron chi connectivity index (χ0n) is 8.40. The molecule has 0 aromatic carbocycles. The van der Waals surface area contributed by atoms with Crippen molar-refractivity contribution < 1.29 is 14.6 Å². The van der Waals surface area contributed by atoms with E-state index in [1.54, 1.807) is 6.08 Å². The first-order valence-electron chi connectivity index (χ1n) is 4.93. The number of hydrogen-bond acceptors (Lipinski definition) is 3. The molecule has 4 heteroatoms. The van der Waals surface area contributed by atoms with Gasteiger partial charge in [0.05, 0.1) is 19.3 Å². The maximum absolute atomic E-state index is 11.0. The smallest absolute Gasteiger partial charge is 0.407 e. The molecule has 0 fully saturated rings. The van der Waals surface area contributed by atoms with Gasteiger partial charge in [-0.15, -0.1) is 0 Å². The van der Waals surface area contributed by atoms with Crippen LogP contribution in [-0.2, 0) is 4.74 Å². The van der Waals surface area contributed by atoms with Gasteiger partial charge in [0.25, 0.3) is 0 Å². The first-order chi connectivity index (χ1) is 6.74. The van der Waals surface area contributed by atoms with Crippen LogP contribution in [0.3, 0.4) is 0 Å². The Morgan fingerprint density at radius 1 is 1.57 bits per heavy atom. The number of ether oxygens (including phenoxy) is 1. The van der Waals surface area contributed by atoms with Crippen LogP contribution in [-0.4, -0.2) is 30.5 Å². The molecule has 14 heavy (non-hydrogen) atoms. The molecule has 2 atom stereocenters. The number of amides is 1. The highest BCUT2D eigenvalue weighted by Crippen LogP contribution is 2.12. The Balaban J connectivity index is 2.50. The lowest BCUT2D eigenvalue weighted by molar-refractivity contribution is 0.134. The summed E-state index contributed by atoms with van der Waals surface area (Å²) >= 11 is 0. The van der Waals surface area contributed by atoms with Crippen molar-refractivity contribution in [1.82, 2.24) is 5.32 Å². The molecule has 0 bridgehead atoms. The van der Waals surface area contributed by atoms with E-state index in [4.69, 9.17) is 0 Å². The van der Waals surface area contributed by atoms with Crippen molar-refractivity contribution in [3.05, 3.63) is 12.2 Å². The summed E-state index contributed by atoms with van der Waals surface area (Å²) in [4.78, 5) is 11.0. The van der Waals surface area contributed by atoms with Crippen LogP contribution in [0.4, 0.5) is 4.79 Å². The maximum atomic E-state index is 11.0. The summed E-state index contributed by atoms with van der Waals surface area (Å²) in [6.45, 7) is 0. The lowest BCUT2D eigenvalue weighted by Crippen LogP contribution is -2.42. The van der Waals surface area contributed by atoms with Crippen molar-refractivity contribution in [2.24, 2.45) is 0 Å². The summed E-state index contributed by atoms with van der Waals surface area (Å²) in [6, 6.07) is -0.223. The van der Waals surface area contributed by atoms with Gasteiger partial charge >= 0.3 is 6.09 Å². The van der Waals surface area contributed by atoms with Gasteiger partial charge in [0.2, 0.25) is 0 Å². The van der Waals surface area contributed by atoms with Crippen molar-refractivity contribution in [1.29, 1.82) is 0 Å². The van der Waals surface area contributed by atoms with Gasteiger partial charge in [-0.25, -0.2) is 4.79 Å². The number of alkyl carbamates (subject to hydrolysis) is 1. The molecule has 0 aromatic rings. The SMILES string of the molecule is COC(=O)NC1CCCC/C=C/C1O. The third kappa shape index (κ3) is 3.38. The molecule has 1 amide bonds. The van der Waals surface area contributed by atoms with Crippen LogP contribution in [0.25, 0.3) is 0 Å². The second-order valence-electron chi connectivity index (χ2n) is 3.45. The molecule has 0 spiro atoms. The van der Waals surface area contributed by atoms with Crippen molar-refractivity contribution >= 4 is 6.09 Å². The van der Waals surface area contributed by atoms with E-state index in [0.29, 0.717) is 0 Å². The summed E-state index contributed by atoms with van der Waals surface area (Å²) in [5.41, 5.74) is 0. The van der Waals surface area contributed by atoms with Gasteiger partial charge in [0, 0.05) is 0 Å². The molecule has 0 aromatic heterocycles. The van der Waals surface area contributed by atoms with Gasteiger partial charge in [-0.3, -0.25) is 0 Å². The standard InChI is InChI=1S/C10H17NO3/c1-14-10(13)11-8-6-4-2-3-5-7-9(8)12/h5,7-9,12H,2-4,6H2,1H3,(H,11,13)/b7-5+. The van der Waals surface area contributed by atoms with Crippen LogP contribution in [0.15, 0.2) is 12.2 Å². The van der Waals surface area contributed by atoms with Crippen LogP contribution >= 0.6 is 0 Å². The topological polar surface area (TPSA) is 58.6 Å². The number of allylic oxidation sites excluding steroid dienone is 1. The zero-order valence-corrected chi connectivity index (χ0v) is 8.40. The molecule has 2 N–H and O–H groups in total. The Hall–Kier alpha value is -1.03. The largest absolute Gasteiger partial charge is 0.453 e. The molecule has 1 aliphatic carbocycles. The molecular formula is C10H17NO3. The average molecular weight is 199 g/mol. The fraction of sp³-hybridized carbons (Fsp3) is 0.700. The summed E-state index contributed by atoms with van der Waals surface area (Å²) in [6.07, 6.45) is 6.51. The molecule has 0 radical (unpaired) electrons. The van der Waals surface area contributed by atoms with E-state index in [2.05, 4.69) is 10.1 Å². The van der Waals surface area contributed by atoms with E-state index in [1.807, 2.05) is 6.08 Å². The van der Waals surface area contributed by atoms with Crippen molar-refractivity contribution in [2.45, 2.75) is 37.8 Å². The summed E-state index contributed by atoms with van der Waals surface area (Å²) in [5.74, 6) is 0. The van der Waals surface area contributed by atoms with E-state index in [0.717, 1.165) is 25.7 Å². The zero-order chi connectivity index (χ0) is 10.4. The minimum atomic E-state index is -0.602. The number of methoxy groups -OCH3 is 1. The molecule has 0 saturated heterocycles. The van der Waals surface area contributed by atoms with E-state index in [1.165, 1.54) is 7.11 Å². The third-order valence-electron chi connectivity index (χ3n) is 2.37. The normalized spacial score (nSPS) is 29.9. The van der Waals surface area contributed by atoms with Crippen LogP contribution in [0.1, 0.15) is 25.7 Å². The minimum absolute atomic E-state index is 0.223. The van der Waals surface area contributed by atoms with E-state index < -0.39 is 12.2 Å². The predicted octanol–water partition coefficient (Wildman–Crippen LogP) is 1.20. The van der Waals surface area contributed by atoms with E-state index in [-0.39, 0.29) is 6.04 Å². The average Bonchev–Trinajstić information content (AvgIpc) is 2.17. The molecule has 0 aliphatic heterocycles. The Labute approximate surface area is 83.9 Å². The molecule has 80 valence electrons. The number of carbonyl (C=O) groups is 1. The quantitative estimate of drug-likeness (QED) is 0.624. The van der Waals surface area contributed by atoms with Gasteiger partial charge in [-0.2, -0.15) is 0 Å². The van der Waals surface area contributed by atoms with Gasteiger partial charge in [-0.05, 0) is 19.3 Å². The second kappa shape index (κ2) is 5.65. The first-order valence-corrected chi connectivity index (χ1v) is 4.93. The number of hydrogen-bond donors (Lipinski definition) is 2. The summed E-state index contributed by atoms with van der Waals surface area (Å²) in [5, 5.41) is 12.3. The molecule has 1 rings (SSSR count). The maximum Gasteiger partial charge on any atom is 0.407 e. The summed E-state index contributed by atoms with van der Waals surface area (Å²) in [7, 11) is 1.32. The number of carbonyl (C=O) groups excluding carboxylic acids is 1. The Bertz CT molecular complexity index is 215. The lowest BCUT2D eigenvalue weighted by atomic mass is 9.99. The highest BCUT2D eigenvalue weighted by molar-refractivity contribution is 5.67. The van der Waals surface area contributed by atoms with Crippen molar-refractivity contribution in [2.75, 3.05) is 7.11 Å². The van der Waals surface area contributed by atoms with Crippen molar-refractivity contribution in [3.8, 4) is 0 Å². The van der Waals surface area contributed by atoms with Crippen LogP contribution in [0, 0.1) is 0 Å². The Kier molecular flexibility index (Phi) is 4.46. The number of aliphatic hydroxyl groups excluding tert-OH is 1. The van der Waals surface area contributed by atoms with Crippen LogP contribution in [0.2, 0.25) is 0 Å². The molecule has 0 heterocycles. The van der Waals surface area contributed by atoms with Gasteiger partial charge in [0.1, 0.15) is 0 Å². The second-order valence-corrected chi connectivity index (χ2v) is 3.45. The van der Waals surface area contributed by atoms with E-state index in [9.17, 15) is 9.90 Å². The van der Waals surface area contributed by atoms with Crippen LogP contribution < -0.4 is 5.32 Å². The monoisotopic (exact) mass is 199 g/mol. The Morgan fingerprint density at radius 2 is 2.36 bits per heavy atom. The number of nitrogens with one attached hydrogen (secondary N) is 1. The van der Waals surface area contributed by atoms with Crippen molar-refractivity contribution in [3.63, 3.8) is 0 Å². The molecule has 1 aliphatic rings. The highest BCUT2D eigenvalue weighted by atomic mass is 16.5. The Morgan fingerprint density at radius 3 is 3.07 bits per heavy atom. The molecular weight excluding hydrogens is 182 g/mol. The van der Waals surface area contributed by atoms with Crippen LogP contribution in [0.5, 0.6) is 0 Å². The number of aliphatic hydroxyl groups is 1. The molecule has 0 saturated carbocycles. The minimum Gasteiger partial charge on any atom is -0.453 e.